The molecule has 2 unspecified atom stereocenters. The van der Waals surface area contributed by atoms with Crippen molar-refractivity contribution in [3.05, 3.63) is 34.9 Å². The van der Waals surface area contributed by atoms with E-state index >= 15 is 0 Å². The summed E-state index contributed by atoms with van der Waals surface area (Å²) in [5, 5.41) is 4.80. The molecule has 1 fully saturated rings. The van der Waals surface area contributed by atoms with Crippen LogP contribution in [0.2, 0.25) is 0 Å². The van der Waals surface area contributed by atoms with E-state index in [1.54, 1.807) is 0 Å². The fourth-order valence-electron chi connectivity index (χ4n) is 2.89. The van der Waals surface area contributed by atoms with E-state index in [-0.39, 0.29) is 0 Å². The highest BCUT2D eigenvalue weighted by atomic mass is 79.9. The molecule has 3 nitrogen and oxygen atoms in total. The van der Waals surface area contributed by atoms with E-state index in [2.05, 4.69) is 69.2 Å². The van der Waals surface area contributed by atoms with Crippen LogP contribution in [0.3, 0.4) is 0 Å². The molecule has 0 spiro atoms. The number of benzene rings is 1. The number of aromatic nitrogens is 1. The van der Waals surface area contributed by atoms with Gasteiger partial charge in [-0.25, -0.2) is 0 Å². The second kappa shape index (κ2) is 5.70. The van der Waals surface area contributed by atoms with Crippen LogP contribution < -0.4 is 10.2 Å². The van der Waals surface area contributed by atoms with Gasteiger partial charge in [0.05, 0.1) is 11.2 Å². The standard InChI is InChI=1S/C16H20BrN3/c1-3-14-10-20(11(2)8-18-14)15-6-4-5-12-7-13(17)9-19-16(12)15/h4-7,9,11,14,18H,3,8,10H2,1-2H3. The Morgan fingerprint density at radius 1 is 1.45 bits per heavy atom. The van der Waals surface area contributed by atoms with E-state index in [4.69, 9.17) is 0 Å². The van der Waals surface area contributed by atoms with Crippen LogP contribution in [0.25, 0.3) is 10.9 Å². The van der Waals surface area contributed by atoms with E-state index in [0.29, 0.717) is 12.1 Å². The minimum absolute atomic E-state index is 0.494. The van der Waals surface area contributed by atoms with Crippen molar-refractivity contribution in [2.75, 3.05) is 18.0 Å². The molecule has 20 heavy (non-hydrogen) atoms. The molecule has 1 aliphatic rings. The molecule has 1 saturated heterocycles. The summed E-state index contributed by atoms with van der Waals surface area (Å²) in [4.78, 5) is 7.13. The highest BCUT2D eigenvalue weighted by Crippen LogP contribution is 2.29. The molecule has 1 aliphatic heterocycles. The molecule has 0 radical (unpaired) electrons. The average molecular weight is 334 g/mol. The summed E-state index contributed by atoms with van der Waals surface area (Å²) in [6, 6.07) is 9.64. The lowest BCUT2D eigenvalue weighted by Crippen LogP contribution is -2.55. The summed E-state index contributed by atoms with van der Waals surface area (Å²) in [6.45, 7) is 6.60. The third-order valence-corrected chi connectivity index (χ3v) is 4.54. The number of nitrogens with zero attached hydrogens (tertiary/aromatic N) is 2. The molecule has 3 rings (SSSR count). The number of rotatable bonds is 2. The van der Waals surface area contributed by atoms with Gasteiger partial charge in [0.25, 0.3) is 0 Å². The lowest BCUT2D eigenvalue weighted by molar-refractivity contribution is 0.398. The Kier molecular flexibility index (Phi) is 3.94. The van der Waals surface area contributed by atoms with E-state index in [1.807, 2.05) is 6.20 Å². The third kappa shape index (κ3) is 2.54. The molecule has 0 aliphatic carbocycles. The number of fused-ring (bicyclic) bond motifs is 1. The zero-order valence-electron chi connectivity index (χ0n) is 11.9. The summed E-state index contributed by atoms with van der Waals surface area (Å²) in [6.07, 6.45) is 3.04. The highest BCUT2D eigenvalue weighted by Gasteiger charge is 2.25. The van der Waals surface area contributed by atoms with Crippen LogP contribution in [0, 0.1) is 0 Å². The number of para-hydroxylation sites is 1. The van der Waals surface area contributed by atoms with Crippen LogP contribution in [-0.4, -0.2) is 30.2 Å². The average Bonchev–Trinajstić information content (AvgIpc) is 2.47. The largest absolute Gasteiger partial charge is 0.364 e. The minimum atomic E-state index is 0.494. The molecular formula is C16H20BrN3. The Morgan fingerprint density at radius 2 is 2.30 bits per heavy atom. The Hall–Kier alpha value is -1.13. The number of hydrogen-bond acceptors (Lipinski definition) is 3. The molecule has 0 bridgehead atoms. The molecule has 1 N–H and O–H groups in total. The first kappa shape index (κ1) is 13.8. The second-order valence-corrected chi connectivity index (χ2v) is 6.43. The van der Waals surface area contributed by atoms with Gasteiger partial charge in [0.1, 0.15) is 0 Å². The topological polar surface area (TPSA) is 28.2 Å². The van der Waals surface area contributed by atoms with Crippen molar-refractivity contribution in [2.45, 2.75) is 32.4 Å². The zero-order valence-corrected chi connectivity index (χ0v) is 13.5. The Morgan fingerprint density at radius 3 is 3.10 bits per heavy atom. The van der Waals surface area contributed by atoms with Gasteiger partial charge in [-0.3, -0.25) is 4.98 Å². The Labute approximate surface area is 128 Å². The lowest BCUT2D eigenvalue weighted by Gasteiger charge is -2.40. The van der Waals surface area contributed by atoms with Crippen molar-refractivity contribution in [2.24, 2.45) is 0 Å². The van der Waals surface area contributed by atoms with Crippen molar-refractivity contribution in [1.29, 1.82) is 0 Å². The normalized spacial score (nSPS) is 23.2. The monoisotopic (exact) mass is 333 g/mol. The summed E-state index contributed by atoms with van der Waals surface area (Å²) in [5.74, 6) is 0. The molecule has 4 heteroatoms. The first-order valence-electron chi connectivity index (χ1n) is 7.23. The van der Waals surface area contributed by atoms with Crippen LogP contribution in [0.15, 0.2) is 34.9 Å². The molecule has 0 saturated carbocycles. The third-order valence-electron chi connectivity index (χ3n) is 4.11. The molecule has 2 heterocycles. The molecule has 1 aromatic heterocycles. The van der Waals surface area contributed by atoms with Gasteiger partial charge < -0.3 is 10.2 Å². The summed E-state index contributed by atoms with van der Waals surface area (Å²) < 4.78 is 1.03. The van der Waals surface area contributed by atoms with Crippen molar-refractivity contribution in [3.8, 4) is 0 Å². The maximum atomic E-state index is 4.63. The number of anilines is 1. The fraction of sp³-hybridized carbons (Fsp3) is 0.438. The fourth-order valence-corrected chi connectivity index (χ4v) is 3.24. The molecule has 1 aromatic carbocycles. The SMILES string of the molecule is CCC1CN(c2cccc3cc(Br)cnc23)C(C)CN1. The lowest BCUT2D eigenvalue weighted by atomic mass is 10.1. The minimum Gasteiger partial charge on any atom is -0.364 e. The predicted molar refractivity (Wildman–Crippen MR) is 88.3 cm³/mol. The molecule has 2 atom stereocenters. The van der Waals surface area contributed by atoms with Crippen molar-refractivity contribution in [1.82, 2.24) is 10.3 Å². The van der Waals surface area contributed by atoms with Crippen molar-refractivity contribution >= 4 is 32.5 Å². The predicted octanol–water partition coefficient (Wildman–Crippen LogP) is 3.57. The number of hydrogen-bond donors (Lipinski definition) is 1. The first-order valence-corrected chi connectivity index (χ1v) is 8.02. The van der Waals surface area contributed by atoms with Gasteiger partial charge in [-0.1, -0.05) is 19.1 Å². The van der Waals surface area contributed by atoms with Crippen LogP contribution in [0.4, 0.5) is 5.69 Å². The first-order chi connectivity index (χ1) is 9.69. The smallest absolute Gasteiger partial charge is 0.0936 e. The van der Waals surface area contributed by atoms with Crippen LogP contribution in [0.5, 0.6) is 0 Å². The number of pyridine rings is 1. The van der Waals surface area contributed by atoms with Gasteiger partial charge in [-0.15, -0.1) is 0 Å². The van der Waals surface area contributed by atoms with E-state index in [9.17, 15) is 0 Å². The Balaban J connectivity index is 2.04. The van der Waals surface area contributed by atoms with Gasteiger partial charge in [-0.2, -0.15) is 0 Å². The van der Waals surface area contributed by atoms with Gasteiger partial charge in [0, 0.05) is 41.2 Å². The molecule has 0 amide bonds. The Bertz CT molecular complexity index is 614. The van der Waals surface area contributed by atoms with E-state index in [1.165, 1.54) is 11.1 Å². The quantitative estimate of drug-likeness (QED) is 0.910. The van der Waals surface area contributed by atoms with Gasteiger partial charge >= 0.3 is 0 Å². The van der Waals surface area contributed by atoms with Crippen LogP contribution in [-0.2, 0) is 0 Å². The van der Waals surface area contributed by atoms with Gasteiger partial charge in [0.15, 0.2) is 0 Å². The van der Waals surface area contributed by atoms with Crippen LogP contribution in [0.1, 0.15) is 20.3 Å². The van der Waals surface area contributed by atoms with Gasteiger partial charge in [-0.05, 0) is 41.4 Å². The number of piperazine rings is 1. The molecular weight excluding hydrogens is 314 g/mol. The van der Waals surface area contributed by atoms with E-state index in [0.717, 1.165) is 29.5 Å². The number of halogens is 1. The maximum Gasteiger partial charge on any atom is 0.0936 e. The van der Waals surface area contributed by atoms with Crippen molar-refractivity contribution < 1.29 is 0 Å². The van der Waals surface area contributed by atoms with Crippen molar-refractivity contribution in [3.63, 3.8) is 0 Å². The van der Waals surface area contributed by atoms with Gasteiger partial charge in [0.2, 0.25) is 0 Å². The summed E-state index contributed by atoms with van der Waals surface area (Å²) >= 11 is 3.50. The van der Waals surface area contributed by atoms with E-state index < -0.39 is 0 Å². The molecule has 106 valence electrons. The highest BCUT2D eigenvalue weighted by molar-refractivity contribution is 9.10. The van der Waals surface area contributed by atoms with Crippen LogP contribution >= 0.6 is 15.9 Å². The second-order valence-electron chi connectivity index (χ2n) is 5.52. The molecule has 2 aromatic rings. The summed E-state index contributed by atoms with van der Waals surface area (Å²) in [5.41, 5.74) is 2.35. The zero-order chi connectivity index (χ0) is 14.1. The maximum absolute atomic E-state index is 4.63. The summed E-state index contributed by atoms with van der Waals surface area (Å²) in [7, 11) is 0. The number of nitrogens with one attached hydrogen (secondary N) is 1.